The van der Waals surface area contributed by atoms with Gasteiger partial charge in [-0.3, -0.25) is 4.79 Å². The van der Waals surface area contributed by atoms with Crippen molar-refractivity contribution in [2.45, 2.75) is 37.8 Å². The van der Waals surface area contributed by atoms with Crippen LogP contribution in [0.3, 0.4) is 0 Å². The number of rotatable bonds is 2. The smallest absolute Gasteiger partial charge is 0.255 e. The summed E-state index contributed by atoms with van der Waals surface area (Å²) in [6.07, 6.45) is 2.85. The topological polar surface area (TPSA) is 89.8 Å². The van der Waals surface area contributed by atoms with Gasteiger partial charge in [-0.15, -0.1) is 0 Å². The Morgan fingerprint density at radius 1 is 1.22 bits per heavy atom. The van der Waals surface area contributed by atoms with E-state index in [9.17, 15) is 15.0 Å². The van der Waals surface area contributed by atoms with E-state index in [0.717, 1.165) is 25.3 Å². The summed E-state index contributed by atoms with van der Waals surface area (Å²) < 4.78 is 0. The lowest BCUT2D eigenvalue weighted by atomic mass is 9.92. The summed E-state index contributed by atoms with van der Waals surface area (Å²) >= 11 is 0. The van der Waals surface area contributed by atoms with E-state index in [1.165, 1.54) is 12.1 Å². The Morgan fingerprint density at radius 2 is 1.94 bits per heavy atom. The molecule has 5 heteroatoms. The fourth-order valence-electron chi connectivity index (χ4n) is 2.24. The number of hydrogen-bond donors (Lipinski definition) is 4. The summed E-state index contributed by atoms with van der Waals surface area (Å²) in [7, 11) is 0. The number of aromatic hydroxyl groups is 2. The first-order valence-corrected chi connectivity index (χ1v) is 6.09. The molecule has 0 spiro atoms. The third kappa shape index (κ3) is 2.73. The van der Waals surface area contributed by atoms with Crippen LogP contribution in [0.25, 0.3) is 0 Å². The summed E-state index contributed by atoms with van der Waals surface area (Å²) in [6.45, 7) is 0. The van der Waals surface area contributed by atoms with Crippen LogP contribution < -0.4 is 5.32 Å². The monoisotopic (exact) mass is 251 g/mol. The molecular formula is C13H17NO4. The van der Waals surface area contributed by atoms with Crippen molar-refractivity contribution in [1.82, 2.24) is 5.32 Å². The predicted octanol–water partition coefficient (Wildman–Crippen LogP) is 1.13. The minimum Gasteiger partial charge on any atom is -0.508 e. The Labute approximate surface area is 105 Å². The van der Waals surface area contributed by atoms with Crippen LogP contribution in [0.5, 0.6) is 11.5 Å². The van der Waals surface area contributed by atoms with E-state index in [1.807, 2.05) is 0 Å². The van der Waals surface area contributed by atoms with Crippen molar-refractivity contribution in [1.29, 1.82) is 0 Å². The van der Waals surface area contributed by atoms with Crippen LogP contribution in [0.2, 0.25) is 0 Å². The Kier molecular flexibility index (Phi) is 3.72. The highest BCUT2D eigenvalue weighted by Crippen LogP contribution is 2.24. The molecule has 18 heavy (non-hydrogen) atoms. The summed E-state index contributed by atoms with van der Waals surface area (Å²) in [5, 5.41) is 31.2. The van der Waals surface area contributed by atoms with Crippen molar-refractivity contribution < 1.29 is 20.1 Å². The molecule has 1 aliphatic carbocycles. The van der Waals surface area contributed by atoms with E-state index in [2.05, 4.69) is 5.32 Å². The zero-order valence-electron chi connectivity index (χ0n) is 9.97. The number of phenolic OH excluding ortho intramolecular Hbond substituents is 2. The van der Waals surface area contributed by atoms with Crippen LogP contribution in [0.4, 0.5) is 0 Å². The fraction of sp³-hybridized carbons (Fsp3) is 0.462. The predicted molar refractivity (Wildman–Crippen MR) is 65.5 cm³/mol. The normalized spacial score (nSPS) is 23.6. The molecule has 1 aromatic rings. The van der Waals surface area contributed by atoms with Gasteiger partial charge < -0.3 is 20.6 Å². The van der Waals surface area contributed by atoms with E-state index < -0.39 is 12.0 Å². The first-order chi connectivity index (χ1) is 8.58. The number of aliphatic hydroxyl groups is 1. The number of aliphatic hydroxyl groups excluding tert-OH is 1. The van der Waals surface area contributed by atoms with E-state index in [4.69, 9.17) is 5.11 Å². The summed E-state index contributed by atoms with van der Waals surface area (Å²) in [6, 6.07) is 3.55. The molecule has 0 unspecified atom stereocenters. The van der Waals surface area contributed by atoms with Crippen molar-refractivity contribution in [3.05, 3.63) is 23.8 Å². The number of benzene rings is 1. The summed E-state index contributed by atoms with van der Waals surface area (Å²) in [5.41, 5.74) is 0.102. The lowest BCUT2D eigenvalue weighted by molar-refractivity contribution is 0.0715. The largest absolute Gasteiger partial charge is 0.508 e. The number of amides is 1. The van der Waals surface area contributed by atoms with Crippen LogP contribution in [-0.2, 0) is 0 Å². The van der Waals surface area contributed by atoms with Gasteiger partial charge in [0.05, 0.1) is 17.7 Å². The maximum Gasteiger partial charge on any atom is 0.255 e. The highest BCUT2D eigenvalue weighted by Gasteiger charge is 2.25. The average Bonchev–Trinajstić information content (AvgIpc) is 2.32. The van der Waals surface area contributed by atoms with Gasteiger partial charge in [-0.2, -0.15) is 0 Å². The molecule has 1 aliphatic rings. The molecule has 98 valence electrons. The van der Waals surface area contributed by atoms with Crippen LogP contribution in [-0.4, -0.2) is 33.4 Å². The van der Waals surface area contributed by atoms with Crippen molar-refractivity contribution in [2.75, 3.05) is 0 Å². The van der Waals surface area contributed by atoms with E-state index in [1.54, 1.807) is 0 Å². The fourth-order valence-corrected chi connectivity index (χ4v) is 2.24. The second-order valence-corrected chi connectivity index (χ2v) is 4.63. The second kappa shape index (κ2) is 5.27. The van der Waals surface area contributed by atoms with Crippen LogP contribution in [0.15, 0.2) is 18.2 Å². The molecule has 0 radical (unpaired) electrons. The SMILES string of the molecule is O=C(N[C@H]1CCCC[C@@H]1O)c1ccc(O)cc1O. The Balaban J connectivity index is 2.07. The molecule has 1 saturated carbocycles. The van der Waals surface area contributed by atoms with Crippen LogP contribution in [0.1, 0.15) is 36.0 Å². The van der Waals surface area contributed by atoms with Crippen molar-refractivity contribution in [3.63, 3.8) is 0 Å². The van der Waals surface area contributed by atoms with Gasteiger partial charge in [-0.25, -0.2) is 0 Å². The minimum absolute atomic E-state index is 0.0956. The van der Waals surface area contributed by atoms with E-state index in [0.29, 0.717) is 6.42 Å². The molecule has 4 N–H and O–H groups in total. The van der Waals surface area contributed by atoms with Gasteiger partial charge in [0.2, 0.25) is 0 Å². The molecule has 0 aromatic heterocycles. The molecule has 2 atom stereocenters. The molecule has 1 aromatic carbocycles. The lowest BCUT2D eigenvalue weighted by Crippen LogP contribution is -2.45. The highest BCUT2D eigenvalue weighted by atomic mass is 16.3. The quantitative estimate of drug-likeness (QED) is 0.634. The number of phenols is 2. The first-order valence-electron chi connectivity index (χ1n) is 6.09. The van der Waals surface area contributed by atoms with Crippen LogP contribution in [0, 0.1) is 0 Å². The molecule has 0 aliphatic heterocycles. The summed E-state index contributed by atoms with van der Waals surface area (Å²) in [5.74, 6) is -0.794. The van der Waals surface area contributed by atoms with Gasteiger partial charge in [-0.05, 0) is 25.0 Å². The molecule has 5 nitrogen and oxygen atoms in total. The molecule has 0 heterocycles. The maximum absolute atomic E-state index is 11.9. The zero-order chi connectivity index (χ0) is 13.1. The molecule has 1 amide bonds. The maximum atomic E-state index is 11.9. The third-order valence-electron chi connectivity index (χ3n) is 3.27. The molecule has 0 saturated heterocycles. The van der Waals surface area contributed by atoms with Gasteiger partial charge >= 0.3 is 0 Å². The van der Waals surface area contributed by atoms with Crippen molar-refractivity contribution in [2.24, 2.45) is 0 Å². The number of hydrogen-bond acceptors (Lipinski definition) is 4. The lowest BCUT2D eigenvalue weighted by Gasteiger charge is -2.28. The molecule has 2 rings (SSSR count). The zero-order valence-corrected chi connectivity index (χ0v) is 9.97. The number of carbonyl (C=O) groups is 1. The van der Waals surface area contributed by atoms with Gasteiger partial charge in [0.25, 0.3) is 5.91 Å². The number of carbonyl (C=O) groups excluding carboxylic acids is 1. The molecular weight excluding hydrogens is 234 g/mol. The Morgan fingerprint density at radius 3 is 2.61 bits per heavy atom. The Bertz CT molecular complexity index is 447. The van der Waals surface area contributed by atoms with E-state index >= 15 is 0 Å². The van der Waals surface area contributed by atoms with E-state index in [-0.39, 0.29) is 23.1 Å². The van der Waals surface area contributed by atoms with Gasteiger partial charge in [0.1, 0.15) is 11.5 Å². The average molecular weight is 251 g/mol. The molecule has 1 fully saturated rings. The minimum atomic E-state index is -0.526. The van der Waals surface area contributed by atoms with Crippen LogP contribution >= 0.6 is 0 Å². The van der Waals surface area contributed by atoms with Gasteiger partial charge in [0, 0.05) is 6.07 Å². The second-order valence-electron chi connectivity index (χ2n) is 4.63. The Hall–Kier alpha value is -1.75. The number of nitrogens with one attached hydrogen (secondary N) is 1. The highest BCUT2D eigenvalue weighted by molar-refractivity contribution is 5.97. The third-order valence-corrected chi connectivity index (χ3v) is 3.27. The first kappa shape index (κ1) is 12.7. The molecule has 0 bridgehead atoms. The van der Waals surface area contributed by atoms with Gasteiger partial charge in [0.15, 0.2) is 0 Å². The standard InChI is InChI=1S/C13H17NO4/c15-8-5-6-9(12(17)7-8)13(18)14-10-3-1-2-4-11(10)16/h5-7,10-11,15-17H,1-4H2,(H,14,18)/t10-,11-/m0/s1. The van der Waals surface area contributed by atoms with Crippen molar-refractivity contribution in [3.8, 4) is 11.5 Å². The van der Waals surface area contributed by atoms with Crippen molar-refractivity contribution >= 4 is 5.91 Å². The summed E-state index contributed by atoms with van der Waals surface area (Å²) in [4.78, 5) is 11.9. The van der Waals surface area contributed by atoms with Gasteiger partial charge in [-0.1, -0.05) is 12.8 Å².